The highest BCUT2D eigenvalue weighted by atomic mass is 16.5. The topological polar surface area (TPSA) is 95.1 Å². The summed E-state index contributed by atoms with van der Waals surface area (Å²) in [7, 11) is 0. The van der Waals surface area contributed by atoms with Crippen LogP contribution >= 0.6 is 0 Å². The van der Waals surface area contributed by atoms with Crippen molar-refractivity contribution in [3.8, 4) is 0 Å². The van der Waals surface area contributed by atoms with Crippen LogP contribution in [0.15, 0.2) is 0 Å². The molecule has 0 fully saturated rings. The summed E-state index contributed by atoms with van der Waals surface area (Å²) in [5.41, 5.74) is 0. The lowest BCUT2D eigenvalue weighted by Crippen LogP contribution is -2.31. The second-order valence-electron chi connectivity index (χ2n) is 5.49. The highest BCUT2D eigenvalue weighted by Crippen LogP contribution is 1.82. The molecule has 0 saturated carbocycles. The maximum absolute atomic E-state index is 11.3. The summed E-state index contributed by atoms with van der Waals surface area (Å²) in [6, 6.07) is 0.472. The third-order valence-electron chi connectivity index (χ3n) is 2.65. The van der Waals surface area contributed by atoms with E-state index in [9.17, 15) is 9.59 Å². The van der Waals surface area contributed by atoms with Crippen molar-refractivity contribution in [2.75, 3.05) is 65.9 Å². The van der Waals surface area contributed by atoms with E-state index in [1.165, 1.54) is 6.92 Å². The van der Waals surface area contributed by atoms with Crippen molar-refractivity contribution >= 4 is 11.7 Å². The summed E-state index contributed by atoms with van der Waals surface area (Å²) >= 11 is 0. The van der Waals surface area contributed by atoms with Gasteiger partial charge in [0.1, 0.15) is 13.2 Å². The minimum Gasteiger partial charge on any atom is -0.378 e. The van der Waals surface area contributed by atoms with Crippen LogP contribution in [0.3, 0.4) is 0 Å². The predicted octanol–water partition coefficient (Wildman–Crippen LogP) is -0.244. The second kappa shape index (κ2) is 16.8. The van der Waals surface area contributed by atoms with E-state index in [1.54, 1.807) is 0 Å². The van der Waals surface area contributed by atoms with Gasteiger partial charge in [-0.3, -0.25) is 9.59 Å². The van der Waals surface area contributed by atoms with Crippen LogP contribution in [0.25, 0.3) is 0 Å². The van der Waals surface area contributed by atoms with Crippen LogP contribution < -0.4 is 10.6 Å². The number of hydrogen-bond acceptors (Lipinski definition) is 7. The smallest absolute Gasteiger partial charge is 0.246 e. The number of nitrogens with one attached hydrogen (secondary N) is 2. The number of amides is 1. The lowest BCUT2D eigenvalue weighted by Gasteiger charge is -2.09. The molecule has 0 aromatic rings. The molecule has 8 heteroatoms. The Morgan fingerprint density at radius 2 is 1.33 bits per heavy atom. The number of hydrogen-bond donors (Lipinski definition) is 2. The molecule has 0 unspecified atom stereocenters. The first-order valence-corrected chi connectivity index (χ1v) is 8.33. The van der Waals surface area contributed by atoms with Crippen molar-refractivity contribution in [2.24, 2.45) is 0 Å². The molecule has 0 bridgehead atoms. The van der Waals surface area contributed by atoms with E-state index in [2.05, 4.69) is 24.5 Å². The summed E-state index contributed by atoms with van der Waals surface area (Å²) in [5, 5.41) is 5.89. The zero-order valence-corrected chi connectivity index (χ0v) is 15.1. The van der Waals surface area contributed by atoms with E-state index >= 15 is 0 Å². The van der Waals surface area contributed by atoms with E-state index in [0.717, 1.165) is 6.54 Å². The van der Waals surface area contributed by atoms with Crippen molar-refractivity contribution in [3.05, 3.63) is 0 Å². The molecule has 0 aromatic carbocycles. The molecule has 2 N–H and O–H groups in total. The lowest BCUT2D eigenvalue weighted by atomic mass is 10.4. The van der Waals surface area contributed by atoms with Gasteiger partial charge in [0.2, 0.25) is 5.91 Å². The van der Waals surface area contributed by atoms with Crippen LogP contribution in [0.4, 0.5) is 0 Å². The van der Waals surface area contributed by atoms with Crippen molar-refractivity contribution in [3.63, 3.8) is 0 Å². The van der Waals surface area contributed by atoms with Crippen molar-refractivity contribution < 1.29 is 28.5 Å². The summed E-state index contributed by atoms with van der Waals surface area (Å²) in [6.07, 6.45) is 0. The molecule has 0 saturated heterocycles. The van der Waals surface area contributed by atoms with Gasteiger partial charge in [0.05, 0.1) is 39.6 Å². The van der Waals surface area contributed by atoms with Crippen LogP contribution in [0, 0.1) is 0 Å². The van der Waals surface area contributed by atoms with Crippen LogP contribution in [0.5, 0.6) is 0 Å². The molecule has 0 aliphatic rings. The number of ketones is 1. The number of ether oxygens (including phenoxy) is 4. The highest BCUT2D eigenvalue weighted by Gasteiger charge is 2.01. The maximum Gasteiger partial charge on any atom is 0.246 e. The first kappa shape index (κ1) is 22.9. The molecule has 0 heterocycles. The Hall–Kier alpha value is -1.06. The zero-order valence-electron chi connectivity index (χ0n) is 15.1. The fraction of sp³-hybridized carbons (Fsp3) is 0.875. The molecular formula is C16H32N2O6. The SMILES string of the molecule is CC(=O)COCC(=O)NCCOCCOCCOCCNC(C)C. The van der Waals surface area contributed by atoms with E-state index < -0.39 is 0 Å². The van der Waals surface area contributed by atoms with Crippen LogP contribution in [-0.2, 0) is 28.5 Å². The van der Waals surface area contributed by atoms with Crippen molar-refractivity contribution in [1.29, 1.82) is 0 Å². The quantitative estimate of drug-likeness (QED) is 0.350. The second-order valence-corrected chi connectivity index (χ2v) is 5.49. The van der Waals surface area contributed by atoms with Gasteiger partial charge < -0.3 is 29.6 Å². The molecule has 1 amide bonds. The number of carbonyl (C=O) groups is 2. The Kier molecular flexibility index (Phi) is 16.0. The Labute approximate surface area is 144 Å². The van der Waals surface area contributed by atoms with Gasteiger partial charge in [-0.05, 0) is 6.92 Å². The third-order valence-corrected chi connectivity index (χ3v) is 2.65. The van der Waals surface area contributed by atoms with Crippen LogP contribution in [0.1, 0.15) is 20.8 Å². The van der Waals surface area contributed by atoms with Gasteiger partial charge in [0.15, 0.2) is 5.78 Å². The number of Topliss-reactive ketones (excluding diaryl/α,β-unsaturated/α-hetero) is 1. The average Bonchev–Trinajstić information content (AvgIpc) is 2.51. The third kappa shape index (κ3) is 19.0. The van der Waals surface area contributed by atoms with Gasteiger partial charge in [0.25, 0.3) is 0 Å². The molecule has 24 heavy (non-hydrogen) atoms. The molecule has 0 rings (SSSR count). The van der Waals surface area contributed by atoms with Crippen molar-refractivity contribution in [2.45, 2.75) is 26.8 Å². The Balaban J connectivity index is 3.14. The zero-order chi connectivity index (χ0) is 18.0. The van der Waals surface area contributed by atoms with Gasteiger partial charge in [0, 0.05) is 19.1 Å². The Morgan fingerprint density at radius 3 is 1.88 bits per heavy atom. The average molecular weight is 348 g/mol. The molecular weight excluding hydrogens is 316 g/mol. The largest absolute Gasteiger partial charge is 0.378 e. The van der Waals surface area contributed by atoms with Gasteiger partial charge in [-0.15, -0.1) is 0 Å². The van der Waals surface area contributed by atoms with Gasteiger partial charge in [-0.2, -0.15) is 0 Å². The minimum absolute atomic E-state index is 0.0424. The lowest BCUT2D eigenvalue weighted by molar-refractivity contribution is -0.129. The molecule has 0 aromatic heterocycles. The van der Waals surface area contributed by atoms with E-state index in [1.807, 2.05) is 0 Å². The fourth-order valence-electron chi connectivity index (χ4n) is 1.56. The molecule has 8 nitrogen and oxygen atoms in total. The summed E-state index contributed by atoms with van der Waals surface area (Å²) in [5.74, 6) is -0.371. The van der Waals surface area contributed by atoms with Gasteiger partial charge >= 0.3 is 0 Å². The molecule has 0 radical (unpaired) electrons. The Bertz CT molecular complexity index is 326. The van der Waals surface area contributed by atoms with Crippen LogP contribution in [0.2, 0.25) is 0 Å². The molecule has 0 aliphatic heterocycles. The van der Waals surface area contributed by atoms with Gasteiger partial charge in [-0.1, -0.05) is 13.8 Å². The Morgan fingerprint density at radius 1 is 0.792 bits per heavy atom. The number of rotatable bonds is 17. The van der Waals surface area contributed by atoms with E-state index in [-0.39, 0.29) is 24.9 Å². The van der Waals surface area contributed by atoms with Gasteiger partial charge in [-0.25, -0.2) is 0 Å². The molecule has 0 aliphatic carbocycles. The normalized spacial score (nSPS) is 11.0. The first-order chi connectivity index (χ1) is 11.5. The highest BCUT2D eigenvalue weighted by molar-refractivity contribution is 5.79. The standard InChI is InChI=1S/C16H32N2O6/c1-14(2)17-4-6-21-8-10-23-11-9-22-7-5-18-16(20)13-24-12-15(3)19/h14,17H,4-13H2,1-3H3,(H,18,20). The monoisotopic (exact) mass is 348 g/mol. The van der Waals surface area contributed by atoms with E-state index in [0.29, 0.717) is 52.2 Å². The van der Waals surface area contributed by atoms with Crippen LogP contribution in [-0.4, -0.2) is 83.7 Å². The number of carbonyl (C=O) groups excluding carboxylic acids is 2. The minimum atomic E-state index is -0.264. The predicted molar refractivity (Wildman–Crippen MR) is 90.1 cm³/mol. The molecule has 142 valence electrons. The van der Waals surface area contributed by atoms with Crippen molar-refractivity contribution in [1.82, 2.24) is 10.6 Å². The van der Waals surface area contributed by atoms with E-state index in [4.69, 9.17) is 18.9 Å². The molecule has 0 spiro atoms. The fourth-order valence-corrected chi connectivity index (χ4v) is 1.56. The molecule has 0 atom stereocenters. The maximum atomic E-state index is 11.3. The summed E-state index contributed by atoms with van der Waals surface area (Å²) in [4.78, 5) is 21.9. The summed E-state index contributed by atoms with van der Waals surface area (Å²) < 4.78 is 20.9. The first-order valence-electron chi connectivity index (χ1n) is 8.33. The summed E-state index contributed by atoms with van der Waals surface area (Å²) in [6.45, 7) is 9.81.